The molecule has 0 unspecified atom stereocenters. The minimum absolute atomic E-state index is 0.223. The van der Waals surface area contributed by atoms with E-state index >= 15 is 0 Å². The van der Waals surface area contributed by atoms with Crippen LogP contribution in [0.15, 0.2) is 23.3 Å². The van der Waals surface area contributed by atoms with Gasteiger partial charge in [0.2, 0.25) is 0 Å². The Labute approximate surface area is 80.9 Å². The molecule has 0 spiro atoms. The molecule has 0 N–H and O–H groups in total. The van der Waals surface area contributed by atoms with Gasteiger partial charge in [0, 0.05) is 11.5 Å². The first-order valence-electron chi connectivity index (χ1n) is 4.12. The summed E-state index contributed by atoms with van der Waals surface area (Å²) in [7, 11) is 1.41. The maximum atomic E-state index is 13.1. The molecule has 1 aromatic rings. The Kier molecular flexibility index (Phi) is 3.76. The fraction of sp³-hybridized carbons (Fsp3) is 0.333. The second-order valence-corrected chi connectivity index (χ2v) is 2.64. The molecule has 1 aromatic carbocycles. The Morgan fingerprint density at radius 3 is 3.00 bits per heavy atom. The van der Waals surface area contributed by atoms with Crippen molar-refractivity contribution in [2.75, 3.05) is 13.7 Å². The molecule has 0 radical (unpaired) electrons. The van der Waals surface area contributed by atoms with E-state index < -0.39 is 5.82 Å². The summed E-state index contributed by atoms with van der Waals surface area (Å²) in [5, 5.41) is 3.37. The summed E-state index contributed by atoms with van der Waals surface area (Å²) in [5.74, 6) is -0.174. The van der Waals surface area contributed by atoms with Gasteiger partial charge in [-0.05, 0) is 23.6 Å². The number of hydrogen-bond donors (Lipinski definition) is 0. The molecule has 0 amide bonds. The minimum Gasteiger partial charge on any atom is -0.493 e. The summed E-state index contributed by atoms with van der Waals surface area (Å²) in [4.78, 5) is 2.62. The van der Waals surface area contributed by atoms with Crippen LogP contribution in [0.5, 0.6) is 5.75 Å². The van der Waals surface area contributed by atoms with Gasteiger partial charge in [0.15, 0.2) is 11.6 Å². The van der Waals surface area contributed by atoms with Gasteiger partial charge in [-0.1, -0.05) is 17.2 Å². The third-order valence-corrected chi connectivity index (χ3v) is 1.80. The lowest BCUT2D eigenvalue weighted by molar-refractivity contribution is 0.381. The maximum absolute atomic E-state index is 13.1. The van der Waals surface area contributed by atoms with Crippen molar-refractivity contribution in [2.24, 2.45) is 5.11 Å². The van der Waals surface area contributed by atoms with Crippen LogP contribution in [0, 0.1) is 5.82 Å². The second-order valence-electron chi connectivity index (χ2n) is 2.64. The first kappa shape index (κ1) is 10.3. The Morgan fingerprint density at radius 1 is 1.57 bits per heavy atom. The molecule has 0 saturated carbocycles. The molecule has 0 aliphatic rings. The second kappa shape index (κ2) is 5.09. The zero-order chi connectivity index (χ0) is 10.4. The van der Waals surface area contributed by atoms with E-state index in [0.717, 1.165) is 0 Å². The van der Waals surface area contributed by atoms with Crippen LogP contribution in [0.2, 0.25) is 0 Å². The van der Waals surface area contributed by atoms with E-state index in [0.29, 0.717) is 18.5 Å². The molecule has 14 heavy (non-hydrogen) atoms. The van der Waals surface area contributed by atoms with E-state index in [1.165, 1.54) is 13.2 Å². The SMILES string of the molecule is COc1c(F)cccc1CCN=[N+]=[N-]. The molecular weight excluding hydrogens is 185 g/mol. The third kappa shape index (κ3) is 2.37. The van der Waals surface area contributed by atoms with Crippen molar-refractivity contribution in [1.82, 2.24) is 0 Å². The molecule has 0 fully saturated rings. The van der Waals surface area contributed by atoms with Crippen LogP contribution in [0.4, 0.5) is 4.39 Å². The van der Waals surface area contributed by atoms with Gasteiger partial charge in [-0.2, -0.15) is 0 Å². The standard InChI is InChI=1S/C9H10FN3O/c1-14-9-7(5-6-12-13-11)3-2-4-8(9)10/h2-4H,5-6H2,1H3. The van der Waals surface area contributed by atoms with Gasteiger partial charge in [0.25, 0.3) is 0 Å². The van der Waals surface area contributed by atoms with Crippen LogP contribution >= 0.6 is 0 Å². The molecule has 5 heteroatoms. The predicted molar refractivity (Wildman–Crippen MR) is 50.7 cm³/mol. The van der Waals surface area contributed by atoms with E-state index in [2.05, 4.69) is 10.0 Å². The molecule has 74 valence electrons. The lowest BCUT2D eigenvalue weighted by Gasteiger charge is -2.07. The smallest absolute Gasteiger partial charge is 0.165 e. The summed E-state index contributed by atoms with van der Waals surface area (Å²) in [6.07, 6.45) is 0.477. The van der Waals surface area contributed by atoms with Crippen LogP contribution in [0.1, 0.15) is 5.56 Å². The number of benzene rings is 1. The molecule has 4 nitrogen and oxygen atoms in total. The number of methoxy groups -OCH3 is 1. The quantitative estimate of drug-likeness (QED) is 0.414. The Morgan fingerprint density at radius 2 is 2.36 bits per heavy atom. The summed E-state index contributed by atoms with van der Waals surface area (Å²) in [6.45, 7) is 0.302. The Bertz CT molecular complexity index is 361. The summed E-state index contributed by atoms with van der Waals surface area (Å²) < 4.78 is 18.0. The van der Waals surface area contributed by atoms with Crippen LogP contribution in [-0.2, 0) is 6.42 Å². The maximum Gasteiger partial charge on any atom is 0.165 e. The van der Waals surface area contributed by atoms with Gasteiger partial charge < -0.3 is 4.74 Å². The first-order chi connectivity index (χ1) is 6.79. The minimum atomic E-state index is -0.397. The van der Waals surface area contributed by atoms with Gasteiger partial charge in [0.05, 0.1) is 7.11 Å². The fourth-order valence-electron chi connectivity index (χ4n) is 1.19. The molecule has 0 atom stereocenters. The molecular formula is C9H10FN3O. The van der Waals surface area contributed by atoms with Crippen LogP contribution in [-0.4, -0.2) is 13.7 Å². The molecule has 0 bridgehead atoms. The number of nitrogens with zero attached hydrogens (tertiary/aromatic N) is 3. The highest BCUT2D eigenvalue weighted by Gasteiger charge is 2.07. The number of rotatable bonds is 4. The van der Waals surface area contributed by atoms with E-state index in [-0.39, 0.29) is 5.75 Å². The number of azide groups is 1. The van der Waals surface area contributed by atoms with Crippen molar-refractivity contribution in [3.63, 3.8) is 0 Å². The topological polar surface area (TPSA) is 58.0 Å². The predicted octanol–water partition coefficient (Wildman–Crippen LogP) is 2.69. The van der Waals surface area contributed by atoms with Crippen molar-refractivity contribution in [2.45, 2.75) is 6.42 Å². The van der Waals surface area contributed by atoms with E-state index in [4.69, 9.17) is 10.3 Å². The van der Waals surface area contributed by atoms with Gasteiger partial charge >= 0.3 is 0 Å². The van der Waals surface area contributed by atoms with Gasteiger partial charge in [-0.15, -0.1) is 0 Å². The van der Waals surface area contributed by atoms with Gasteiger partial charge in [0.1, 0.15) is 0 Å². The summed E-state index contributed by atoms with van der Waals surface area (Å²) >= 11 is 0. The van der Waals surface area contributed by atoms with E-state index in [1.54, 1.807) is 12.1 Å². The highest BCUT2D eigenvalue weighted by molar-refractivity contribution is 5.35. The molecule has 0 heterocycles. The van der Waals surface area contributed by atoms with Crippen molar-refractivity contribution >= 4 is 0 Å². The zero-order valence-electron chi connectivity index (χ0n) is 7.77. The largest absolute Gasteiger partial charge is 0.493 e. The molecule has 1 rings (SSSR count). The van der Waals surface area contributed by atoms with Crippen LogP contribution < -0.4 is 4.74 Å². The number of hydrogen-bond acceptors (Lipinski definition) is 2. The fourth-order valence-corrected chi connectivity index (χ4v) is 1.19. The van der Waals surface area contributed by atoms with Crippen LogP contribution in [0.25, 0.3) is 10.4 Å². The molecule has 0 aliphatic heterocycles. The normalized spacial score (nSPS) is 9.29. The number of halogens is 1. The van der Waals surface area contributed by atoms with Crippen molar-refractivity contribution in [1.29, 1.82) is 0 Å². The molecule has 0 aliphatic carbocycles. The van der Waals surface area contributed by atoms with Crippen molar-refractivity contribution < 1.29 is 9.13 Å². The highest BCUT2D eigenvalue weighted by Crippen LogP contribution is 2.22. The lowest BCUT2D eigenvalue weighted by atomic mass is 10.1. The number of ether oxygens (including phenoxy) is 1. The molecule has 0 aromatic heterocycles. The summed E-state index contributed by atoms with van der Waals surface area (Å²) in [5.41, 5.74) is 8.79. The van der Waals surface area contributed by atoms with Crippen molar-refractivity contribution in [3.05, 3.63) is 40.0 Å². The number of para-hydroxylation sites is 1. The van der Waals surface area contributed by atoms with E-state index in [9.17, 15) is 4.39 Å². The highest BCUT2D eigenvalue weighted by atomic mass is 19.1. The Hall–Kier alpha value is -1.74. The monoisotopic (exact) mass is 195 g/mol. The average Bonchev–Trinajstić information content (AvgIpc) is 2.18. The average molecular weight is 195 g/mol. The van der Waals surface area contributed by atoms with Crippen LogP contribution in [0.3, 0.4) is 0 Å². The zero-order valence-corrected chi connectivity index (χ0v) is 7.77. The lowest BCUT2D eigenvalue weighted by Crippen LogP contribution is -1.96. The first-order valence-corrected chi connectivity index (χ1v) is 4.12. The molecule has 0 saturated heterocycles. The van der Waals surface area contributed by atoms with Crippen molar-refractivity contribution in [3.8, 4) is 5.75 Å². The third-order valence-electron chi connectivity index (χ3n) is 1.80. The van der Waals surface area contributed by atoms with Gasteiger partial charge in [-0.3, -0.25) is 0 Å². The Balaban J connectivity index is 2.84. The summed E-state index contributed by atoms with van der Waals surface area (Å²) in [6, 6.07) is 4.67. The van der Waals surface area contributed by atoms with E-state index in [1.807, 2.05) is 0 Å². The van der Waals surface area contributed by atoms with Gasteiger partial charge in [-0.25, -0.2) is 4.39 Å².